The van der Waals surface area contributed by atoms with Gasteiger partial charge in [-0.25, -0.2) is 9.97 Å². The Bertz CT molecular complexity index is 2270. The lowest BCUT2D eigenvalue weighted by Gasteiger charge is -2.08. The van der Waals surface area contributed by atoms with E-state index in [-0.39, 0.29) is 0 Å². The summed E-state index contributed by atoms with van der Waals surface area (Å²) in [6.07, 6.45) is 16.5. The van der Waals surface area contributed by atoms with Gasteiger partial charge in [-0.1, -0.05) is 58.6 Å². The predicted molar refractivity (Wildman–Crippen MR) is 201 cm³/mol. The van der Waals surface area contributed by atoms with Crippen LogP contribution in [0.4, 0.5) is 23.3 Å². The van der Waals surface area contributed by atoms with Gasteiger partial charge in [0.1, 0.15) is 11.6 Å². The lowest BCUT2D eigenvalue weighted by atomic mass is 10.1. The zero-order chi connectivity index (χ0) is 34.9. The van der Waals surface area contributed by atoms with Crippen LogP contribution in [0.5, 0.6) is 0 Å². The molecule has 7 rings (SSSR count). The smallest absolute Gasteiger partial charge is 0.154 e. The fourth-order valence-electron chi connectivity index (χ4n) is 4.83. The maximum Gasteiger partial charge on any atom is 0.154 e. The average molecular weight is 660 g/mol. The molecule has 0 fully saturated rings. The van der Waals surface area contributed by atoms with E-state index in [1.165, 1.54) is 0 Å². The molecule has 0 unspecified atom stereocenters. The van der Waals surface area contributed by atoms with E-state index in [0.29, 0.717) is 35.1 Å². The number of hydrogen-bond donors (Lipinski definition) is 2. The molecule has 11 heteroatoms. The molecule has 0 aromatic carbocycles. The van der Waals surface area contributed by atoms with Crippen molar-refractivity contribution in [3.05, 3.63) is 132 Å². The Hall–Kier alpha value is -6.49. The van der Waals surface area contributed by atoms with Crippen LogP contribution in [0.3, 0.4) is 0 Å². The largest absolute Gasteiger partial charge is 0.323 e. The number of pyridine rings is 5. The molecule has 0 amide bonds. The van der Waals surface area contributed by atoms with Crippen LogP contribution in [0.2, 0.25) is 0 Å². The lowest BCUT2D eigenvalue weighted by Crippen LogP contribution is -2.00. The number of rotatable bonds is 9. The molecule has 0 saturated carbocycles. The molecule has 0 aliphatic rings. The zero-order valence-corrected chi connectivity index (χ0v) is 28.4. The van der Waals surface area contributed by atoms with Gasteiger partial charge in [-0.3, -0.25) is 15.0 Å². The maximum absolute atomic E-state index is 4.67. The molecule has 11 nitrogen and oxygen atoms in total. The van der Waals surface area contributed by atoms with Crippen LogP contribution < -0.4 is 10.6 Å². The summed E-state index contributed by atoms with van der Waals surface area (Å²) in [6, 6.07) is 19.5. The Morgan fingerprint density at radius 1 is 0.560 bits per heavy atom. The van der Waals surface area contributed by atoms with Gasteiger partial charge in [0.05, 0.1) is 34.5 Å². The molecule has 50 heavy (non-hydrogen) atoms. The lowest BCUT2D eigenvalue weighted by molar-refractivity contribution is 0.843. The maximum atomic E-state index is 4.67. The highest BCUT2D eigenvalue weighted by Gasteiger charge is 2.07. The molecule has 0 radical (unpaired) electrons. The minimum atomic E-state index is 0.388. The molecule has 7 heterocycles. The number of nitrogens with zero attached hydrogens (tertiary/aromatic N) is 9. The third-order valence-corrected chi connectivity index (χ3v) is 7.70. The number of aromatic nitrogens is 9. The molecular weight excluding hydrogens is 623 g/mol. The summed E-state index contributed by atoms with van der Waals surface area (Å²) >= 11 is 0. The Kier molecular flexibility index (Phi) is 10.4. The molecule has 0 saturated heterocycles. The summed E-state index contributed by atoms with van der Waals surface area (Å²) in [5.74, 6) is 3.58. The van der Waals surface area contributed by atoms with Crippen molar-refractivity contribution in [3.63, 3.8) is 0 Å². The van der Waals surface area contributed by atoms with E-state index >= 15 is 0 Å². The van der Waals surface area contributed by atoms with Gasteiger partial charge in [-0.15, -0.1) is 10.2 Å². The highest BCUT2D eigenvalue weighted by atomic mass is 15.2. The SMILES string of the molecule is C=Cc1cnc2ccc(Nc3cc(C(C)C)cnn3)nc2c1.CC(C)c1cnnc(Nc2ccc3ncc(/C=C/c4cccnc4)cc3n2)c1. The van der Waals surface area contributed by atoms with E-state index in [2.05, 4.69) is 90.2 Å². The molecule has 2 N–H and O–H groups in total. The second-order valence-corrected chi connectivity index (χ2v) is 12.1. The predicted octanol–water partition coefficient (Wildman–Crippen LogP) is 8.78. The molecule has 0 aliphatic heterocycles. The van der Waals surface area contributed by atoms with Crippen LogP contribution in [0.15, 0.2) is 104 Å². The van der Waals surface area contributed by atoms with E-state index in [1.807, 2.05) is 85.2 Å². The molecule has 7 aromatic heterocycles. The van der Waals surface area contributed by atoms with Crippen molar-refractivity contribution in [2.45, 2.75) is 39.5 Å². The van der Waals surface area contributed by atoms with Gasteiger partial charge in [0.2, 0.25) is 0 Å². The van der Waals surface area contributed by atoms with Crippen LogP contribution in [0.1, 0.15) is 67.3 Å². The van der Waals surface area contributed by atoms with E-state index in [9.17, 15) is 0 Å². The molecule has 0 atom stereocenters. The Morgan fingerprint density at radius 2 is 1.10 bits per heavy atom. The summed E-state index contributed by atoms with van der Waals surface area (Å²) in [6.45, 7) is 12.3. The zero-order valence-electron chi connectivity index (χ0n) is 28.4. The van der Waals surface area contributed by atoms with Crippen molar-refractivity contribution >= 4 is 63.6 Å². The number of nitrogens with one attached hydrogen (secondary N) is 2. The molecular formula is C39H37N11. The van der Waals surface area contributed by atoms with Crippen LogP contribution in [-0.2, 0) is 0 Å². The van der Waals surface area contributed by atoms with Gasteiger partial charge >= 0.3 is 0 Å². The first-order valence-electron chi connectivity index (χ1n) is 16.3. The number of hydrogen-bond acceptors (Lipinski definition) is 11. The molecule has 248 valence electrons. The molecule has 0 spiro atoms. The first kappa shape index (κ1) is 33.4. The van der Waals surface area contributed by atoms with Crippen molar-refractivity contribution in [1.82, 2.24) is 45.3 Å². The van der Waals surface area contributed by atoms with Crippen LogP contribution >= 0.6 is 0 Å². The van der Waals surface area contributed by atoms with Gasteiger partial charge in [-0.05, 0) is 94.3 Å². The van der Waals surface area contributed by atoms with Crippen molar-refractivity contribution in [2.24, 2.45) is 0 Å². The first-order valence-corrected chi connectivity index (χ1v) is 16.3. The summed E-state index contributed by atoms with van der Waals surface area (Å²) in [7, 11) is 0. The van der Waals surface area contributed by atoms with Crippen LogP contribution in [-0.4, -0.2) is 45.3 Å². The quantitative estimate of drug-likeness (QED) is 0.154. The van der Waals surface area contributed by atoms with E-state index in [4.69, 9.17) is 0 Å². The van der Waals surface area contributed by atoms with Gasteiger partial charge in [0.25, 0.3) is 0 Å². The highest BCUT2D eigenvalue weighted by Crippen LogP contribution is 2.22. The van der Waals surface area contributed by atoms with E-state index in [0.717, 1.165) is 49.9 Å². The third kappa shape index (κ3) is 8.70. The Balaban J connectivity index is 0.000000178. The van der Waals surface area contributed by atoms with Crippen molar-refractivity contribution in [1.29, 1.82) is 0 Å². The average Bonchev–Trinajstić information content (AvgIpc) is 3.14. The first-order chi connectivity index (χ1) is 24.3. The Morgan fingerprint density at radius 3 is 1.62 bits per heavy atom. The minimum Gasteiger partial charge on any atom is -0.323 e. The highest BCUT2D eigenvalue weighted by molar-refractivity contribution is 5.81. The molecule has 7 aromatic rings. The fraction of sp³-hybridized carbons (Fsp3) is 0.154. The monoisotopic (exact) mass is 659 g/mol. The Labute approximate surface area is 290 Å². The summed E-state index contributed by atoms with van der Waals surface area (Å²) < 4.78 is 0. The summed E-state index contributed by atoms with van der Waals surface area (Å²) in [4.78, 5) is 22.2. The van der Waals surface area contributed by atoms with E-state index in [1.54, 1.807) is 30.9 Å². The number of fused-ring (bicyclic) bond motifs is 2. The minimum absolute atomic E-state index is 0.388. The standard InChI is InChI=1S/C22H20N6.C17H17N5/c1-15(2)18-11-22(28-25-14-18)27-21-8-7-19-20(26-21)10-17(13-24-19)6-5-16-4-3-9-23-12-16;1-4-12-7-15-14(18-9-12)5-6-16(20-15)21-17-8-13(11(2)3)10-19-22-17/h3-15H,1-2H3,(H,26,27,28);4-11H,1H2,2-3H3,(H,20,21,22)/b6-5+;. The fourth-order valence-corrected chi connectivity index (χ4v) is 4.83. The van der Waals surface area contributed by atoms with Crippen LogP contribution in [0, 0.1) is 0 Å². The topological polar surface area (TPSA) is 140 Å². The third-order valence-electron chi connectivity index (χ3n) is 7.70. The van der Waals surface area contributed by atoms with Gasteiger partial charge in [0.15, 0.2) is 11.6 Å². The summed E-state index contributed by atoms with van der Waals surface area (Å²) in [5, 5.41) is 22.8. The van der Waals surface area contributed by atoms with Crippen LogP contribution in [0.25, 0.3) is 40.3 Å². The van der Waals surface area contributed by atoms with Gasteiger partial charge in [-0.2, -0.15) is 10.2 Å². The second kappa shape index (κ2) is 15.6. The molecule has 0 bridgehead atoms. The van der Waals surface area contributed by atoms with Gasteiger partial charge in [0, 0.05) is 24.8 Å². The second-order valence-electron chi connectivity index (χ2n) is 12.1. The van der Waals surface area contributed by atoms with Crippen molar-refractivity contribution in [2.75, 3.05) is 10.6 Å². The van der Waals surface area contributed by atoms with Crippen molar-refractivity contribution < 1.29 is 0 Å². The summed E-state index contributed by atoms with van der Waals surface area (Å²) in [5.41, 5.74) is 8.53. The normalized spacial score (nSPS) is 11.2. The van der Waals surface area contributed by atoms with Crippen molar-refractivity contribution in [3.8, 4) is 0 Å². The number of anilines is 4. The molecule has 0 aliphatic carbocycles. The van der Waals surface area contributed by atoms with Gasteiger partial charge < -0.3 is 10.6 Å². The van der Waals surface area contributed by atoms with E-state index < -0.39 is 0 Å².